The van der Waals surface area contributed by atoms with Gasteiger partial charge in [-0.15, -0.1) is 13.2 Å². The second kappa shape index (κ2) is 9.51. The number of carbonyl (C=O) groups excluding carboxylic acids is 1. The molecule has 0 saturated carbocycles. The van der Waals surface area contributed by atoms with Crippen molar-refractivity contribution in [3.05, 3.63) is 29.8 Å². The molecular weight excluding hydrogens is 405 g/mol. The maximum absolute atomic E-state index is 12.5. The molecule has 1 aromatic carbocycles. The van der Waals surface area contributed by atoms with Crippen LogP contribution in [-0.2, 0) is 20.8 Å². The summed E-state index contributed by atoms with van der Waals surface area (Å²) >= 11 is 0. The Balaban J connectivity index is 1.46. The molecule has 7 nitrogen and oxygen atoms in total. The molecule has 5 unspecified atom stereocenters. The summed E-state index contributed by atoms with van der Waals surface area (Å²) in [6.45, 7) is 4.10. The van der Waals surface area contributed by atoms with Gasteiger partial charge in [0.25, 0.3) is 0 Å². The van der Waals surface area contributed by atoms with Crippen LogP contribution in [0.25, 0.3) is 0 Å². The van der Waals surface area contributed by atoms with Crippen LogP contribution in [0.5, 0.6) is 5.75 Å². The number of ether oxygens (including phenoxy) is 3. The third kappa shape index (κ3) is 6.07. The Labute approximate surface area is 172 Å². The average molecular weight is 432 g/mol. The molecular formula is C20H27F3N2O5. The molecule has 2 fully saturated rings. The van der Waals surface area contributed by atoms with E-state index in [9.17, 15) is 23.1 Å². The molecule has 2 saturated heterocycles. The number of alkyl halides is 3. The highest BCUT2D eigenvalue weighted by Crippen LogP contribution is 2.35. The van der Waals surface area contributed by atoms with E-state index >= 15 is 0 Å². The summed E-state index contributed by atoms with van der Waals surface area (Å²) < 4.78 is 53.2. The van der Waals surface area contributed by atoms with Crippen LogP contribution in [0.2, 0.25) is 0 Å². The molecule has 10 heteroatoms. The second-order valence-corrected chi connectivity index (χ2v) is 7.87. The first-order chi connectivity index (χ1) is 14.1. The van der Waals surface area contributed by atoms with Gasteiger partial charge in [-0.1, -0.05) is 18.2 Å². The molecule has 1 amide bonds. The van der Waals surface area contributed by atoms with E-state index in [1.165, 1.54) is 18.2 Å². The monoisotopic (exact) mass is 432 g/mol. The van der Waals surface area contributed by atoms with Crippen LogP contribution >= 0.6 is 0 Å². The third-order valence-electron chi connectivity index (χ3n) is 5.00. The van der Waals surface area contributed by atoms with Crippen molar-refractivity contribution in [1.29, 1.82) is 0 Å². The van der Waals surface area contributed by atoms with Crippen LogP contribution in [0.15, 0.2) is 24.3 Å². The molecule has 168 valence electrons. The van der Waals surface area contributed by atoms with E-state index < -0.39 is 24.7 Å². The molecule has 0 radical (unpaired) electrons. The molecule has 2 aliphatic heterocycles. The van der Waals surface area contributed by atoms with Crippen molar-refractivity contribution in [3.63, 3.8) is 0 Å². The van der Waals surface area contributed by atoms with Crippen molar-refractivity contribution in [3.8, 4) is 5.75 Å². The smallest absolute Gasteiger partial charge is 0.405 e. The highest BCUT2D eigenvalue weighted by atomic mass is 19.4. The molecule has 0 aliphatic carbocycles. The lowest BCUT2D eigenvalue weighted by molar-refractivity contribution is -0.274. The van der Waals surface area contributed by atoms with E-state index in [1.807, 2.05) is 13.8 Å². The van der Waals surface area contributed by atoms with Crippen molar-refractivity contribution in [1.82, 2.24) is 10.6 Å². The van der Waals surface area contributed by atoms with Gasteiger partial charge in [0.05, 0.1) is 24.7 Å². The van der Waals surface area contributed by atoms with E-state index in [0.717, 1.165) is 0 Å². The van der Waals surface area contributed by atoms with Gasteiger partial charge in [-0.3, -0.25) is 4.79 Å². The molecule has 0 bridgehead atoms. The van der Waals surface area contributed by atoms with Gasteiger partial charge >= 0.3 is 6.36 Å². The summed E-state index contributed by atoms with van der Waals surface area (Å²) in [4.78, 5) is 11.9. The summed E-state index contributed by atoms with van der Waals surface area (Å²) in [6.07, 6.45) is -6.64. The molecule has 2 aliphatic rings. The number of rotatable bonds is 8. The van der Waals surface area contributed by atoms with Gasteiger partial charge in [-0.2, -0.15) is 0 Å². The van der Waals surface area contributed by atoms with Gasteiger partial charge in [0.1, 0.15) is 18.0 Å². The van der Waals surface area contributed by atoms with Crippen molar-refractivity contribution in [2.45, 2.75) is 76.2 Å². The van der Waals surface area contributed by atoms with Gasteiger partial charge in [0, 0.05) is 31.1 Å². The predicted molar refractivity (Wildman–Crippen MR) is 101 cm³/mol. The van der Waals surface area contributed by atoms with E-state index in [-0.39, 0.29) is 49.4 Å². The number of fused-ring (bicyclic) bond motifs is 1. The first-order valence-electron chi connectivity index (χ1n) is 9.95. The van der Waals surface area contributed by atoms with Gasteiger partial charge in [0.15, 0.2) is 0 Å². The topological polar surface area (TPSA) is 89.1 Å². The standard InChI is InChI=1S/C20H27F3N2O5/c1-11(2)25-17(26)8-13-7-15-19(28-13)18(27)16(29-15)10-24-9-12-5-3-4-6-14(12)30-20(21,22)23/h3-6,11,13,15-16,18-19,24,27H,7-10H2,1-2H3,(H,25,26). The van der Waals surface area contributed by atoms with E-state index in [0.29, 0.717) is 12.0 Å². The molecule has 0 aromatic heterocycles. The van der Waals surface area contributed by atoms with Crippen LogP contribution in [0.4, 0.5) is 13.2 Å². The summed E-state index contributed by atoms with van der Waals surface area (Å²) in [6, 6.07) is 5.91. The van der Waals surface area contributed by atoms with Crippen LogP contribution in [-0.4, -0.2) is 60.5 Å². The number of aliphatic hydroxyl groups is 1. The molecule has 3 rings (SSSR count). The van der Waals surface area contributed by atoms with Crippen molar-refractivity contribution in [2.75, 3.05) is 6.54 Å². The number of benzene rings is 1. The largest absolute Gasteiger partial charge is 0.573 e. The molecule has 0 spiro atoms. The lowest BCUT2D eigenvalue weighted by Crippen LogP contribution is -2.39. The summed E-state index contributed by atoms with van der Waals surface area (Å²) in [5.74, 6) is -0.379. The SMILES string of the molecule is CC(C)NC(=O)CC1CC2OC(CNCc3ccccc3OC(F)(F)F)C(O)C2O1. The zero-order valence-corrected chi connectivity index (χ0v) is 16.8. The third-order valence-corrected chi connectivity index (χ3v) is 5.00. The Kier molecular flexibility index (Phi) is 7.22. The number of hydrogen-bond donors (Lipinski definition) is 3. The first kappa shape index (κ1) is 22.8. The fraction of sp³-hybridized carbons (Fsp3) is 0.650. The summed E-state index contributed by atoms with van der Waals surface area (Å²) in [5.41, 5.74) is 0.343. The van der Waals surface area contributed by atoms with Crippen molar-refractivity contribution in [2.24, 2.45) is 0 Å². The number of amides is 1. The molecule has 1 aromatic rings. The Morgan fingerprint density at radius 2 is 2.03 bits per heavy atom. The molecule has 3 N–H and O–H groups in total. The molecule has 30 heavy (non-hydrogen) atoms. The van der Waals surface area contributed by atoms with Crippen LogP contribution in [0, 0.1) is 0 Å². The maximum Gasteiger partial charge on any atom is 0.573 e. The quantitative estimate of drug-likeness (QED) is 0.581. The highest BCUT2D eigenvalue weighted by molar-refractivity contribution is 5.76. The number of aliphatic hydroxyl groups excluding tert-OH is 1. The zero-order valence-electron chi connectivity index (χ0n) is 16.8. The number of hydrogen-bond acceptors (Lipinski definition) is 6. The van der Waals surface area contributed by atoms with E-state index in [1.54, 1.807) is 6.07 Å². The molecule has 2 heterocycles. The van der Waals surface area contributed by atoms with Crippen molar-refractivity contribution < 1.29 is 37.3 Å². The Morgan fingerprint density at radius 3 is 2.70 bits per heavy atom. The predicted octanol–water partition coefficient (Wildman–Crippen LogP) is 1.88. The Bertz CT molecular complexity index is 731. The lowest BCUT2D eigenvalue weighted by Gasteiger charge is -2.21. The van der Waals surface area contributed by atoms with Gasteiger partial charge in [0.2, 0.25) is 5.91 Å². The van der Waals surface area contributed by atoms with Gasteiger partial charge < -0.3 is 30.0 Å². The maximum atomic E-state index is 12.5. The van der Waals surface area contributed by atoms with Crippen molar-refractivity contribution >= 4 is 5.91 Å². The van der Waals surface area contributed by atoms with E-state index in [4.69, 9.17) is 9.47 Å². The minimum atomic E-state index is -4.77. The summed E-state index contributed by atoms with van der Waals surface area (Å²) in [5, 5.41) is 16.3. The van der Waals surface area contributed by atoms with Crippen LogP contribution in [0.1, 0.15) is 32.3 Å². The zero-order chi connectivity index (χ0) is 21.9. The Hall–Kier alpha value is -1.88. The Morgan fingerprint density at radius 1 is 1.30 bits per heavy atom. The van der Waals surface area contributed by atoms with Crippen LogP contribution in [0.3, 0.4) is 0 Å². The first-order valence-corrected chi connectivity index (χ1v) is 9.95. The average Bonchev–Trinajstić information content (AvgIpc) is 3.13. The normalized spacial score (nSPS) is 28.6. The fourth-order valence-corrected chi connectivity index (χ4v) is 3.82. The number of halogens is 3. The lowest BCUT2D eigenvalue weighted by atomic mass is 10.1. The number of carbonyl (C=O) groups is 1. The van der Waals surface area contributed by atoms with Gasteiger partial charge in [-0.05, 0) is 19.9 Å². The van der Waals surface area contributed by atoms with Crippen LogP contribution < -0.4 is 15.4 Å². The minimum absolute atomic E-state index is 0.0439. The van der Waals surface area contributed by atoms with E-state index in [2.05, 4.69) is 15.4 Å². The highest BCUT2D eigenvalue weighted by Gasteiger charge is 2.50. The van der Waals surface area contributed by atoms with Gasteiger partial charge in [-0.25, -0.2) is 0 Å². The minimum Gasteiger partial charge on any atom is -0.405 e. The number of nitrogens with one attached hydrogen (secondary N) is 2. The summed E-state index contributed by atoms with van der Waals surface area (Å²) in [7, 11) is 0. The fourth-order valence-electron chi connectivity index (χ4n) is 3.82. The molecule has 5 atom stereocenters. The second-order valence-electron chi connectivity index (χ2n) is 7.87. The number of para-hydroxylation sites is 1.